The summed E-state index contributed by atoms with van der Waals surface area (Å²) in [6.45, 7) is 3.72. The number of carbonyl (C=O) groups excluding carboxylic acids is 1. The maximum Gasteiger partial charge on any atom is 0.338 e. The van der Waals surface area contributed by atoms with Gasteiger partial charge in [-0.05, 0) is 24.6 Å². The van der Waals surface area contributed by atoms with Gasteiger partial charge in [0.05, 0.1) is 18.8 Å². The maximum atomic E-state index is 11.6. The van der Waals surface area contributed by atoms with E-state index in [0.29, 0.717) is 25.4 Å². The summed E-state index contributed by atoms with van der Waals surface area (Å²) in [4.78, 5) is 11.6. The summed E-state index contributed by atoms with van der Waals surface area (Å²) in [5, 5.41) is 0. The number of rotatable bonds is 7. The number of ether oxygens (including phenoxy) is 3. The molecular weight excluding hydrogens is 220 g/mol. The summed E-state index contributed by atoms with van der Waals surface area (Å²) in [6, 6.07) is 7.21. The Morgan fingerprint density at radius 3 is 2.82 bits per heavy atom. The van der Waals surface area contributed by atoms with E-state index in [9.17, 15) is 4.79 Å². The molecule has 0 heterocycles. The SMILES string of the molecule is CCOCCOC(=O)c1cccc(COC)c1. The summed E-state index contributed by atoms with van der Waals surface area (Å²) in [5.41, 5.74) is 1.49. The highest BCUT2D eigenvalue weighted by Gasteiger charge is 2.07. The van der Waals surface area contributed by atoms with Crippen LogP contribution in [0.5, 0.6) is 0 Å². The van der Waals surface area contributed by atoms with E-state index in [4.69, 9.17) is 14.2 Å². The van der Waals surface area contributed by atoms with Crippen LogP contribution in [0.3, 0.4) is 0 Å². The van der Waals surface area contributed by atoms with Crippen LogP contribution in [0.4, 0.5) is 0 Å². The van der Waals surface area contributed by atoms with Gasteiger partial charge >= 0.3 is 5.97 Å². The van der Waals surface area contributed by atoms with Crippen LogP contribution in [-0.4, -0.2) is 32.9 Å². The molecule has 0 spiro atoms. The van der Waals surface area contributed by atoms with Crippen LogP contribution in [0.1, 0.15) is 22.8 Å². The molecule has 1 rings (SSSR count). The summed E-state index contributed by atoms with van der Waals surface area (Å²) in [7, 11) is 1.62. The Morgan fingerprint density at radius 2 is 2.12 bits per heavy atom. The summed E-state index contributed by atoms with van der Waals surface area (Å²) in [5.74, 6) is -0.331. The van der Waals surface area contributed by atoms with Gasteiger partial charge in [0.25, 0.3) is 0 Å². The fourth-order valence-electron chi connectivity index (χ4n) is 1.38. The van der Waals surface area contributed by atoms with E-state index < -0.39 is 0 Å². The molecule has 0 aliphatic carbocycles. The second-order valence-corrected chi connectivity index (χ2v) is 3.47. The zero-order chi connectivity index (χ0) is 12.5. The Bertz CT molecular complexity index is 349. The average Bonchev–Trinajstić information content (AvgIpc) is 2.35. The number of esters is 1. The smallest absolute Gasteiger partial charge is 0.338 e. The lowest BCUT2D eigenvalue weighted by atomic mass is 10.1. The Kier molecular flexibility index (Phi) is 6.29. The van der Waals surface area contributed by atoms with Crippen molar-refractivity contribution in [3.63, 3.8) is 0 Å². The minimum Gasteiger partial charge on any atom is -0.460 e. The van der Waals surface area contributed by atoms with Crippen LogP contribution in [-0.2, 0) is 20.8 Å². The number of hydrogen-bond acceptors (Lipinski definition) is 4. The lowest BCUT2D eigenvalue weighted by Gasteiger charge is -2.06. The predicted molar refractivity (Wildman–Crippen MR) is 63.9 cm³/mol. The molecule has 0 N–H and O–H groups in total. The molecule has 94 valence electrons. The first kappa shape index (κ1) is 13.7. The van der Waals surface area contributed by atoms with Gasteiger partial charge in [0.15, 0.2) is 0 Å². The van der Waals surface area contributed by atoms with Crippen LogP contribution >= 0.6 is 0 Å². The summed E-state index contributed by atoms with van der Waals surface area (Å²) < 4.78 is 15.1. The minimum absolute atomic E-state index is 0.279. The van der Waals surface area contributed by atoms with Gasteiger partial charge < -0.3 is 14.2 Å². The van der Waals surface area contributed by atoms with Crippen LogP contribution in [0.2, 0.25) is 0 Å². The molecule has 0 amide bonds. The van der Waals surface area contributed by atoms with Crippen LogP contribution < -0.4 is 0 Å². The van der Waals surface area contributed by atoms with Crippen molar-refractivity contribution in [2.24, 2.45) is 0 Å². The zero-order valence-electron chi connectivity index (χ0n) is 10.3. The maximum absolute atomic E-state index is 11.6. The third-order valence-electron chi connectivity index (χ3n) is 2.14. The Hall–Kier alpha value is -1.39. The van der Waals surface area contributed by atoms with E-state index in [2.05, 4.69) is 0 Å². The molecule has 1 aromatic carbocycles. The Morgan fingerprint density at radius 1 is 1.29 bits per heavy atom. The lowest BCUT2D eigenvalue weighted by molar-refractivity contribution is 0.0335. The van der Waals surface area contributed by atoms with Gasteiger partial charge in [0.1, 0.15) is 6.61 Å². The first-order valence-electron chi connectivity index (χ1n) is 5.60. The molecule has 0 radical (unpaired) electrons. The molecule has 17 heavy (non-hydrogen) atoms. The molecule has 0 bridgehead atoms. The Labute approximate surface area is 101 Å². The molecule has 4 nitrogen and oxygen atoms in total. The normalized spacial score (nSPS) is 10.2. The average molecular weight is 238 g/mol. The third-order valence-corrected chi connectivity index (χ3v) is 2.14. The van der Waals surface area contributed by atoms with Crippen molar-refractivity contribution in [1.82, 2.24) is 0 Å². The van der Waals surface area contributed by atoms with Crippen molar-refractivity contribution >= 4 is 5.97 Å². The van der Waals surface area contributed by atoms with Crippen LogP contribution in [0.25, 0.3) is 0 Å². The molecule has 0 unspecified atom stereocenters. The fourth-order valence-corrected chi connectivity index (χ4v) is 1.38. The van der Waals surface area contributed by atoms with Crippen LogP contribution in [0, 0.1) is 0 Å². The van der Waals surface area contributed by atoms with Gasteiger partial charge in [-0.25, -0.2) is 4.79 Å². The van der Waals surface area contributed by atoms with E-state index in [1.54, 1.807) is 19.2 Å². The van der Waals surface area contributed by atoms with E-state index in [1.807, 2.05) is 19.1 Å². The second kappa shape index (κ2) is 7.81. The highest BCUT2D eigenvalue weighted by atomic mass is 16.6. The number of hydrogen-bond donors (Lipinski definition) is 0. The molecule has 0 saturated carbocycles. The van der Waals surface area contributed by atoms with Crippen molar-refractivity contribution in [2.75, 3.05) is 26.9 Å². The van der Waals surface area contributed by atoms with Crippen molar-refractivity contribution in [1.29, 1.82) is 0 Å². The molecule has 4 heteroatoms. The quantitative estimate of drug-likeness (QED) is 0.538. The molecule has 0 aromatic heterocycles. The van der Waals surface area contributed by atoms with Gasteiger partial charge in [0.2, 0.25) is 0 Å². The largest absolute Gasteiger partial charge is 0.460 e. The molecular formula is C13H18O4. The predicted octanol–water partition coefficient (Wildman–Crippen LogP) is 2.03. The monoisotopic (exact) mass is 238 g/mol. The summed E-state index contributed by atoms with van der Waals surface area (Å²) in [6.07, 6.45) is 0. The van der Waals surface area contributed by atoms with Crippen LogP contribution in [0.15, 0.2) is 24.3 Å². The van der Waals surface area contributed by atoms with Gasteiger partial charge in [-0.1, -0.05) is 12.1 Å². The highest BCUT2D eigenvalue weighted by molar-refractivity contribution is 5.89. The number of methoxy groups -OCH3 is 1. The van der Waals surface area contributed by atoms with Crippen molar-refractivity contribution < 1.29 is 19.0 Å². The van der Waals surface area contributed by atoms with Gasteiger partial charge in [-0.2, -0.15) is 0 Å². The van der Waals surface area contributed by atoms with Crippen molar-refractivity contribution in [3.8, 4) is 0 Å². The Balaban J connectivity index is 2.47. The van der Waals surface area contributed by atoms with Crippen molar-refractivity contribution in [2.45, 2.75) is 13.5 Å². The molecule has 1 aromatic rings. The topological polar surface area (TPSA) is 44.8 Å². The van der Waals surface area contributed by atoms with Gasteiger partial charge in [0, 0.05) is 13.7 Å². The van der Waals surface area contributed by atoms with Gasteiger partial charge in [-0.15, -0.1) is 0 Å². The van der Waals surface area contributed by atoms with E-state index in [1.165, 1.54) is 0 Å². The zero-order valence-corrected chi connectivity index (χ0v) is 10.3. The fraction of sp³-hybridized carbons (Fsp3) is 0.462. The standard InChI is InChI=1S/C13H18O4/c1-3-16-7-8-17-13(14)12-6-4-5-11(9-12)10-15-2/h4-6,9H,3,7-8,10H2,1-2H3. The van der Waals surface area contributed by atoms with E-state index in [0.717, 1.165) is 5.56 Å². The highest BCUT2D eigenvalue weighted by Crippen LogP contribution is 2.07. The molecule has 0 saturated heterocycles. The van der Waals surface area contributed by atoms with E-state index in [-0.39, 0.29) is 12.6 Å². The van der Waals surface area contributed by atoms with E-state index >= 15 is 0 Å². The molecule has 0 aliphatic heterocycles. The minimum atomic E-state index is -0.331. The second-order valence-electron chi connectivity index (χ2n) is 3.47. The number of carbonyl (C=O) groups is 1. The first-order chi connectivity index (χ1) is 8.27. The lowest BCUT2D eigenvalue weighted by Crippen LogP contribution is -2.11. The molecule has 0 atom stereocenters. The first-order valence-corrected chi connectivity index (χ1v) is 5.60. The summed E-state index contributed by atoms with van der Waals surface area (Å²) >= 11 is 0. The van der Waals surface area contributed by atoms with Gasteiger partial charge in [-0.3, -0.25) is 0 Å². The molecule has 0 aliphatic rings. The molecule has 0 fully saturated rings. The number of benzene rings is 1. The third kappa shape index (κ3) is 4.97. The van der Waals surface area contributed by atoms with Crippen molar-refractivity contribution in [3.05, 3.63) is 35.4 Å².